The molecule has 2 N–H and O–H groups in total. The lowest BCUT2D eigenvalue weighted by Crippen LogP contribution is -2.49. The van der Waals surface area contributed by atoms with Gasteiger partial charge in [-0.1, -0.05) is 30.3 Å². The molecular formula is C21H25N3O3. The molecule has 6 nitrogen and oxygen atoms in total. The van der Waals surface area contributed by atoms with Crippen molar-refractivity contribution in [2.75, 3.05) is 31.1 Å². The molecule has 1 aliphatic heterocycles. The monoisotopic (exact) mass is 367 g/mol. The normalized spacial score (nSPS) is 15.3. The number of rotatable bonds is 5. The number of nitrogens with one attached hydrogen (secondary N) is 1. The number of hydrogen-bond acceptors (Lipinski definition) is 4. The molecule has 0 bridgehead atoms. The Bertz CT molecular complexity index is 769. The summed E-state index contributed by atoms with van der Waals surface area (Å²) >= 11 is 0. The van der Waals surface area contributed by atoms with Crippen molar-refractivity contribution in [1.82, 2.24) is 10.2 Å². The van der Waals surface area contributed by atoms with E-state index >= 15 is 0 Å². The summed E-state index contributed by atoms with van der Waals surface area (Å²) in [5.41, 5.74) is 1.98. The van der Waals surface area contributed by atoms with Gasteiger partial charge in [-0.2, -0.15) is 0 Å². The third kappa shape index (κ3) is 5.00. The van der Waals surface area contributed by atoms with Gasteiger partial charge in [-0.15, -0.1) is 0 Å². The van der Waals surface area contributed by atoms with Crippen LogP contribution in [0.5, 0.6) is 5.75 Å². The molecule has 1 atom stereocenters. The highest BCUT2D eigenvalue weighted by molar-refractivity contribution is 5.79. The molecule has 27 heavy (non-hydrogen) atoms. The van der Waals surface area contributed by atoms with Crippen molar-refractivity contribution in [3.63, 3.8) is 0 Å². The minimum Gasteiger partial charge on any atom is -0.508 e. The molecule has 1 saturated heterocycles. The smallest absolute Gasteiger partial charge is 0.225 e. The van der Waals surface area contributed by atoms with Gasteiger partial charge in [0.2, 0.25) is 11.8 Å². The van der Waals surface area contributed by atoms with Gasteiger partial charge in [0.15, 0.2) is 0 Å². The second-order valence-corrected chi connectivity index (χ2v) is 6.75. The number of carbonyl (C=O) groups excluding carboxylic acids is 2. The van der Waals surface area contributed by atoms with Crippen LogP contribution in [-0.2, 0) is 9.59 Å². The Morgan fingerprint density at radius 2 is 1.63 bits per heavy atom. The van der Waals surface area contributed by atoms with E-state index in [1.54, 1.807) is 12.1 Å². The first-order valence-electron chi connectivity index (χ1n) is 9.17. The van der Waals surface area contributed by atoms with Crippen molar-refractivity contribution in [1.29, 1.82) is 0 Å². The highest BCUT2D eigenvalue weighted by atomic mass is 16.3. The minimum absolute atomic E-state index is 0.0444. The standard InChI is InChI=1S/C21H25N3O3/c1-16(25)22-20(17-5-3-2-4-6-17)15-21(27)24-13-11-23(12-14-24)18-7-9-19(26)10-8-18/h2-10,20,26H,11-15H2,1H3,(H,22,25). The zero-order valence-electron chi connectivity index (χ0n) is 15.5. The van der Waals surface area contributed by atoms with Crippen LogP contribution in [-0.4, -0.2) is 48.0 Å². The van der Waals surface area contributed by atoms with Gasteiger partial charge < -0.3 is 20.2 Å². The largest absolute Gasteiger partial charge is 0.508 e. The van der Waals surface area contributed by atoms with E-state index in [1.807, 2.05) is 47.4 Å². The van der Waals surface area contributed by atoms with Crippen molar-refractivity contribution >= 4 is 17.5 Å². The van der Waals surface area contributed by atoms with Crippen LogP contribution in [0.4, 0.5) is 5.69 Å². The second kappa shape index (κ2) is 8.58. The second-order valence-electron chi connectivity index (χ2n) is 6.75. The van der Waals surface area contributed by atoms with Crippen LogP contribution >= 0.6 is 0 Å². The lowest BCUT2D eigenvalue weighted by molar-refractivity contribution is -0.132. The maximum Gasteiger partial charge on any atom is 0.225 e. The number of phenolic OH excluding ortho intramolecular Hbond substituents is 1. The molecule has 0 radical (unpaired) electrons. The van der Waals surface area contributed by atoms with Gasteiger partial charge in [0.05, 0.1) is 12.5 Å². The fraction of sp³-hybridized carbons (Fsp3) is 0.333. The minimum atomic E-state index is -0.314. The number of amides is 2. The molecular weight excluding hydrogens is 342 g/mol. The van der Waals surface area contributed by atoms with Crippen molar-refractivity contribution in [2.45, 2.75) is 19.4 Å². The zero-order chi connectivity index (χ0) is 19.2. The van der Waals surface area contributed by atoms with E-state index in [0.29, 0.717) is 13.1 Å². The van der Waals surface area contributed by atoms with Crippen LogP contribution in [0.15, 0.2) is 54.6 Å². The lowest BCUT2D eigenvalue weighted by Gasteiger charge is -2.36. The topological polar surface area (TPSA) is 72.9 Å². The molecule has 2 amide bonds. The summed E-state index contributed by atoms with van der Waals surface area (Å²) in [6, 6.07) is 16.4. The van der Waals surface area contributed by atoms with Crippen LogP contribution in [0.1, 0.15) is 24.9 Å². The average Bonchev–Trinajstić information content (AvgIpc) is 2.68. The Morgan fingerprint density at radius 3 is 2.22 bits per heavy atom. The fourth-order valence-electron chi connectivity index (χ4n) is 3.36. The first kappa shape index (κ1) is 18.8. The third-order valence-corrected chi connectivity index (χ3v) is 4.81. The molecule has 1 unspecified atom stereocenters. The molecule has 1 fully saturated rings. The van der Waals surface area contributed by atoms with Crippen LogP contribution in [0.25, 0.3) is 0 Å². The molecule has 1 aliphatic rings. The Hall–Kier alpha value is -3.02. The molecule has 2 aromatic carbocycles. The SMILES string of the molecule is CC(=O)NC(CC(=O)N1CCN(c2ccc(O)cc2)CC1)c1ccccc1. The number of nitrogens with zero attached hydrogens (tertiary/aromatic N) is 2. The summed E-state index contributed by atoms with van der Waals surface area (Å²) in [5.74, 6) is 0.147. The quantitative estimate of drug-likeness (QED) is 0.851. The Labute approximate surface area is 159 Å². The van der Waals surface area contributed by atoms with E-state index in [-0.39, 0.29) is 30.0 Å². The number of phenols is 1. The summed E-state index contributed by atoms with van der Waals surface area (Å²) in [5, 5.41) is 12.3. The molecule has 0 aliphatic carbocycles. The zero-order valence-corrected chi connectivity index (χ0v) is 15.5. The number of benzene rings is 2. The van der Waals surface area contributed by atoms with Gasteiger partial charge in [-0.3, -0.25) is 9.59 Å². The predicted molar refractivity (Wildman–Crippen MR) is 105 cm³/mol. The van der Waals surface area contributed by atoms with Crippen LogP contribution in [0.3, 0.4) is 0 Å². The maximum atomic E-state index is 12.8. The van der Waals surface area contributed by atoms with E-state index in [9.17, 15) is 14.7 Å². The van der Waals surface area contributed by atoms with Crippen molar-refractivity contribution in [3.8, 4) is 5.75 Å². The Balaban J connectivity index is 1.59. The summed E-state index contributed by atoms with van der Waals surface area (Å²) in [7, 11) is 0. The number of anilines is 1. The van der Waals surface area contributed by atoms with Gasteiger partial charge in [-0.25, -0.2) is 0 Å². The first-order chi connectivity index (χ1) is 13.0. The van der Waals surface area contributed by atoms with Crippen molar-refractivity contribution in [2.24, 2.45) is 0 Å². The summed E-state index contributed by atoms with van der Waals surface area (Å²) in [4.78, 5) is 28.4. The van der Waals surface area contributed by atoms with E-state index in [4.69, 9.17) is 0 Å². The Kier molecular flexibility index (Phi) is 5.96. The summed E-state index contributed by atoms with van der Waals surface area (Å²) in [6.07, 6.45) is 0.253. The summed E-state index contributed by atoms with van der Waals surface area (Å²) in [6.45, 7) is 4.23. The molecule has 3 rings (SSSR count). The highest BCUT2D eigenvalue weighted by Crippen LogP contribution is 2.22. The van der Waals surface area contributed by atoms with E-state index in [2.05, 4.69) is 10.2 Å². The summed E-state index contributed by atoms with van der Waals surface area (Å²) < 4.78 is 0. The number of aromatic hydroxyl groups is 1. The van der Waals surface area contributed by atoms with E-state index in [0.717, 1.165) is 24.3 Å². The van der Waals surface area contributed by atoms with Gasteiger partial charge in [0.1, 0.15) is 5.75 Å². The van der Waals surface area contributed by atoms with Crippen molar-refractivity contribution < 1.29 is 14.7 Å². The van der Waals surface area contributed by atoms with Gasteiger partial charge >= 0.3 is 0 Å². The lowest BCUT2D eigenvalue weighted by atomic mass is 10.0. The van der Waals surface area contributed by atoms with E-state index in [1.165, 1.54) is 6.92 Å². The molecule has 2 aromatic rings. The Morgan fingerprint density at radius 1 is 1.00 bits per heavy atom. The van der Waals surface area contributed by atoms with Gasteiger partial charge in [0.25, 0.3) is 0 Å². The molecule has 0 spiro atoms. The maximum absolute atomic E-state index is 12.8. The van der Waals surface area contributed by atoms with Crippen molar-refractivity contribution in [3.05, 3.63) is 60.2 Å². The predicted octanol–water partition coefficient (Wildman–Crippen LogP) is 2.31. The fourth-order valence-corrected chi connectivity index (χ4v) is 3.36. The third-order valence-electron chi connectivity index (χ3n) is 4.81. The molecule has 0 aromatic heterocycles. The molecule has 1 heterocycles. The number of carbonyl (C=O) groups is 2. The van der Waals surface area contributed by atoms with Gasteiger partial charge in [-0.05, 0) is 29.8 Å². The van der Waals surface area contributed by atoms with Gasteiger partial charge in [0, 0.05) is 38.8 Å². The molecule has 0 saturated carbocycles. The molecule has 142 valence electrons. The highest BCUT2D eigenvalue weighted by Gasteiger charge is 2.24. The van der Waals surface area contributed by atoms with Crippen LogP contribution in [0.2, 0.25) is 0 Å². The number of hydrogen-bond donors (Lipinski definition) is 2. The number of piperazine rings is 1. The first-order valence-corrected chi connectivity index (χ1v) is 9.17. The molecule has 6 heteroatoms. The average molecular weight is 367 g/mol. The van der Waals surface area contributed by atoms with Crippen LogP contribution in [0, 0.1) is 0 Å². The van der Waals surface area contributed by atoms with E-state index < -0.39 is 0 Å². The van der Waals surface area contributed by atoms with Crippen LogP contribution < -0.4 is 10.2 Å².